The normalized spacial score (nSPS) is 23.6. The first-order chi connectivity index (χ1) is 11.0. The lowest BCUT2D eigenvalue weighted by molar-refractivity contribution is -0.132. The molecule has 1 aromatic carbocycles. The number of ether oxygens (including phenoxy) is 1. The molecule has 23 heavy (non-hydrogen) atoms. The second kappa shape index (κ2) is 6.71. The molecule has 1 N–H and O–H groups in total. The van der Waals surface area contributed by atoms with Crippen LogP contribution in [-0.2, 0) is 22.5 Å². The summed E-state index contributed by atoms with van der Waals surface area (Å²) in [4.78, 5) is 25.3. The fraction of sp³-hybridized carbons (Fsp3) is 0.556. The maximum atomic E-state index is 12.4. The Balaban J connectivity index is 1.58. The Kier molecular flexibility index (Phi) is 4.66. The Morgan fingerprint density at radius 3 is 2.83 bits per heavy atom. The van der Waals surface area contributed by atoms with Gasteiger partial charge in [0.25, 0.3) is 0 Å². The molecule has 2 atom stereocenters. The molecule has 2 heterocycles. The summed E-state index contributed by atoms with van der Waals surface area (Å²) in [6.45, 7) is 3.29. The van der Waals surface area contributed by atoms with Crippen molar-refractivity contribution >= 4 is 11.9 Å². The lowest BCUT2D eigenvalue weighted by Gasteiger charge is -2.29. The summed E-state index contributed by atoms with van der Waals surface area (Å²) in [6.07, 6.45) is 4.72. The number of aromatic carboxylic acids is 1. The van der Waals surface area contributed by atoms with Gasteiger partial charge in [0, 0.05) is 19.5 Å². The van der Waals surface area contributed by atoms with Crippen molar-refractivity contribution < 1.29 is 19.4 Å². The molecular weight excluding hydrogens is 294 g/mol. The van der Waals surface area contributed by atoms with E-state index >= 15 is 0 Å². The minimum Gasteiger partial charge on any atom is -0.478 e. The summed E-state index contributed by atoms with van der Waals surface area (Å²) in [5.41, 5.74) is 2.38. The fourth-order valence-corrected chi connectivity index (χ4v) is 3.44. The zero-order valence-corrected chi connectivity index (χ0v) is 13.5. The molecule has 0 bridgehead atoms. The van der Waals surface area contributed by atoms with Crippen LogP contribution in [0.25, 0.3) is 0 Å². The van der Waals surface area contributed by atoms with Crippen molar-refractivity contribution in [2.24, 2.45) is 0 Å². The van der Waals surface area contributed by atoms with Gasteiger partial charge in [0.1, 0.15) is 0 Å². The van der Waals surface area contributed by atoms with Crippen LogP contribution in [0.4, 0.5) is 0 Å². The third kappa shape index (κ3) is 3.72. The van der Waals surface area contributed by atoms with Gasteiger partial charge in [-0.05, 0) is 55.9 Å². The first kappa shape index (κ1) is 16.0. The highest BCUT2D eigenvalue weighted by Gasteiger charge is 2.25. The predicted octanol–water partition coefficient (Wildman–Crippen LogP) is 2.62. The Labute approximate surface area is 136 Å². The molecule has 0 radical (unpaired) electrons. The number of amides is 1. The van der Waals surface area contributed by atoms with Crippen molar-refractivity contribution in [3.05, 3.63) is 34.9 Å². The number of hydrogen-bond acceptors (Lipinski definition) is 3. The van der Waals surface area contributed by atoms with Gasteiger partial charge < -0.3 is 14.7 Å². The van der Waals surface area contributed by atoms with E-state index in [4.69, 9.17) is 9.84 Å². The van der Waals surface area contributed by atoms with Gasteiger partial charge in [0.2, 0.25) is 5.91 Å². The summed E-state index contributed by atoms with van der Waals surface area (Å²) < 4.78 is 5.76. The first-order valence-corrected chi connectivity index (χ1v) is 8.31. The van der Waals surface area contributed by atoms with Crippen molar-refractivity contribution in [2.45, 2.75) is 57.8 Å². The van der Waals surface area contributed by atoms with E-state index in [1.54, 1.807) is 12.1 Å². The molecule has 1 saturated heterocycles. The van der Waals surface area contributed by atoms with Crippen LogP contribution in [-0.4, -0.2) is 40.6 Å². The third-order valence-electron chi connectivity index (χ3n) is 4.82. The molecule has 2 aliphatic rings. The van der Waals surface area contributed by atoms with E-state index in [1.165, 1.54) is 0 Å². The van der Waals surface area contributed by atoms with Gasteiger partial charge in [-0.3, -0.25) is 4.79 Å². The number of rotatable bonds is 4. The Morgan fingerprint density at radius 1 is 1.30 bits per heavy atom. The largest absolute Gasteiger partial charge is 0.478 e. The number of hydrogen-bond donors (Lipinski definition) is 1. The van der Waals surface area contributed by atoms with E-state index in [1.807, 2.05) is 11.0 Å². The molecule has 1 fully saturated rings. The summed E-state index contributed by atoms with van der Waals surface area (Å²) >= 11 is 0. The maximum absolute atomic E-state index is 12.4. The van der Waals surface area contributed by atoms with Crippen LogP contribution in [0.3, 0.4) is 0 Å². The van der Waals surface area contributed by atoms with Crippen molar-refractivity contribution in [1.29, 1.82) is 0 Å². The number of benzene rings is 1. The Morgan fingerprint density at radius 2 is 2.13 bits per heavy atom. The zero-order valence-electron chi connectivity index (χ0n) is 13.5. The molecule has 5 nitrogen and oxygen atoms in total. The van der Waals surface area contributed by atoms with Crippen LogP contribution in [0.15, 0.2) is 18.2 Å². The summed E-state index contributed by atoms with van der Waals surface area (Å²) in [7, 11) is 0. The summed E-state index contributed by atoms with van der Waals surface area (Å²) in [6, 6.07) is 5.20. The first-order valence-electron chi connectivity index (χ1n) is 8.31. The van der Waals surface area contributed by atoms with Crippen molar-refractivity contribution in [2.75, 3.05) is 6.54 Å². The highest BCUT2D eigenvalue weighted by atomic mass is 16.5. The van der Waals surface area contributed by atoms with Gasteiger partial charge in [-0.25, -0.2) is 4.79 Å². The number of carboxylic acid groups (broad SMARTS) is 1. The topological polar surface area (TPSA) is 66.8 Å². The molecule has 2 unspecified atom stereocenters. The lowest BCUT2D eigenvalue weighted by Crippen LogP contribution is -2.36. The molecule has 0 aliphatic carbocycles. The molecule has 1 amide bonds. The quantitative estimate of drug-likeness (QED) is 0.927. The molecule has 0 saturated carbocycles. The highest BCUT2D eigenvalue weighted by Crippen LogP contribution is 2.25. The maximum Gasteiger partial charge on any atom is 0.335 e. The van der Waals surface area contributed by atoms with E-state index in [-0.39, 0.29) is 17.6 Å². The van der Waals surface area contributed by atoms with Gasteiger partial charge in [-0.1, -0.05) is 6.07 Å². The second-order valence-electron chi connectivity index (χ2n) is 6.54. The number of carbonyl (C=O) groups is 2. The van der Waals surface area contributed by atoms with E-state index in [9.17, 15) is 9.59 Å². The van der Waals surface area contributed by atoms with Crippen molar-refractivity contribution in [1.82, 2.24) is 4.90 Å². The second-order valence-corrected chi connectivity index (χ2v) is 6.54. The van der Waals surface area contributed by atoms with E-state index in [0.717, 1.165) is 36.8 Å². The minimum atomic E-state index is -0.927. The molecular formula is C18H23NO4. The van der Waals surface area contributed by atoms with Crippen molar-refractivity contribution in [3.8, 4) is 0 Å². The molecule has 0 aromatic heterocycles. The SMILES string of the molecule is CC1CCC(CCC(=O)N2CCc3ccc(C(=O)O)cc3C2)O1. The van der Waals surface area contributed by atoms with E-state index in [2.05, 4.69) is 6.92 Å². The van der Waals surface area contributed by atoms with Gasteiger partial charge in [-0.15, -0.1) is 0 Å². The van der Waals surface area contributed by atoms with Crippen LogP contribution in [0, 0.1) is 0 Å². The fourth-order valence-electron chi connectivity index (χ4n) is 3.44. The lowest BCUT2D eigenvalue weighted by atomic mass is 9.97. The van der Waals surface area contributed by atoms with Gasteiger partial charge in [0.05, 0.1) is 17.8 Å². The van der Waals surface area contributed by atoms with Crippen LogP contribution in [0.2, 0.25) is 0 Å². The van der Waals surface area contributed by atoms with Crippen LogP contribution >= 0.6 is 0 Å². The Hall–Kier alpha value is -1.88. The third-order valence-corrected chi connectivity index (χ3v) is 4.82. The van der Waals surface area contributed by atoms with E-state index < -0.39 is 5.97 Å². The summed E-state index contributed by atoms with van der Waals surface area (Å²) in [5.74, 6) is -0.789. The average molecular weight is 317 g/mol. The Bertz CT molecular complexity index is 613. The summed E-state index contributed by atoms with van der Waals surface area (Å²) in [5, 5.41) is 9.09. The molecule has 3 rings (SSSR count). The minimum absolute atomic E-state index is 0.138. The molecule has 1 aromatic rings. The van der Waals surface area contributed by atoms with Crippen LogP contribution in [0.5, 0.6) is 0 Å². The number of carboxylic acids is 1. The van der Waals surface area contributed by atoms with Gasteiger partial charge in [0.15, 0.2) is 0 Å². The van der Waals surface area contributed by atoms with Crippen molar-refractivity contribution in [3.63, 3.8) is 0 Å². The number of nitrogens with zero attached hydrogens (tertiary/aromatic N) is 1. The molecule has 2 aliphatic heterocycles. The molecule has 0 spiro atoms. The average Bonchev–Trinajstić information content (AvgIpc) is 2.97. The van der Waals surface area contributed by atoms with Gasteiger partial charge in [-0.2, -0.15) is 0 Å². The number of fused-ring (bicyclic) bond motifs is 1. The predicted molar refractivity (Wildman–Crippen MR) is 85.3 cm³/mol. The van der Waals surface area contributed by atoms with Crippen LogP contribution in [0.1, 0.15) is 54.1 Å². The standard InChI is InChI=1S/C18H23NO4/c1-12-2-5-16(23-12)6-7-17(20)19-9-8-13-3-4-14(18(21)22)10-15(13)11-19/h3-4,10,12,16H,2,5-9,11H2,1H3,(H,21,22). The zero-order chi connectivity index (χ0) is 16.4. The smallest absolute Gasteiger partial charge is 0.335 e. The monoisotopic (exact) mass is 317 g/mol. The van der Waals surface area contributed by atoms with Gasteiger partial charge >= 0.3 is 5.97 Å². The number of carbonyl (C=O) groups excluding carboxylic acids is 1. The molecule has 124 valence electrons. The van der Waals surface area contributed by atoms with E-state index in [0.29, 0.717) is 25.6 Å². The molecule has 5 heteroatoms. The highest BCUT2D eigenvalue weighted by molar-refractivity contribution is 5.88. The van der Waals surface area contributed by atoms with Crippen LogP contribution < -0.4 is 0 Å².